The maximum absolute atomic E-state index is 13.0. The van der Waals surface area contributed by atoms with Crippen LogP contribution in [0.15, 0.2) is 41.0 Å². The van der Waals surface area contributed by atoms with E-state index in [1.165, 1.54) is 43.7 Å². The molecular formula is C20H19F3N2O5. The summed E-state index contributed by atoms with van der Waals surface area (Å²) in [7, 11) is 1.50. The smallest absolute Gasteiger partial charge is 0.406 e. The average molecular weight is 424 g/mol. The van der Waals surface area contributed by atoms with Gasteiger partial charge in [-0.15, -0.1) is 0 Å². The van der Waals surface area contributed by atoms with Crippen molar-refractivity contribution in [1.82, 2.24) is 9.80 Å². The van der Waals surface area contributed by atoms with Crippen LogP contribution in [0.2, 0.25) is 0 Å². The average Bonchev–Trinajstić information content (AvgIpc) is 3.28. The maximum atomic E-state index is 13.0. The number of amides is 3. The molecular weight excluding hydrogens is 405 g/mol. The standard InChI is InChI=1S/C20H19F3N2O5/c1-29-8-3-7-25-18(27)15-6-5-13(10-16(15)19(25)28)17(26)24(12-20(21,22)23)11-14-4-2-9-30-14/h2,4-6,9-10H,3,7-8,11-12H2,1H3. The Balaban J connectivity index is 1.84. The van der Waals surface area contributed by atoms with E-state index in [9.17, 15) is 27.6 Å². The fourth-order valence-corrected chi connectivity index (χ4v) is 3.18. The number of furan rings is 1. The summed E-state index contributed by atoms with van der Waals surface area (Å²) >= 11 is 0. The molecule has 1 aliphatic heterocycles. The molecule has 0 fully saturated rings. The van der Waals surface area contributed by atoms with Crippen LogP contribution >= 0.6 is 0 Å². The van der Waals surface area contributed by atoms with Crippen LogP contribution in [0.4, 0.5) is 13.2 Å². The van der Waals surface area contributed by atoms with E-state index in [0.717, 1.165) is 4.90 Å². The number of carbonyl (C=O) groups is 3. The molecule has 3 rings (SSSR count). The number of fused-ring (bicyclic) bond motifs is 1. The van der Waals surface area contributed by atoms with Gasteiger partial charge in [-0.1, -0.05) is 0 Å². The molecule has 0 saturated heterocycles. The topological polar surface area (TPSA) is 80.1 Å². The predicted molar refractivity (Wildman–Crippen MR) is 97.8 cm³/mol. The first-order valence-corrected chi connectivity index (χ1v) is 9.09. The van der Waals surface area contributed by atoms with Crippen LogP contribution in [-0.2, 0) is 11.3 Å². The summed E-state index contributed by atoms with van der Waals surface area (Å²) < 4.78 is 49.0. The molecule has 0 bridgehead atoms. The zero-order valence-electron chi connectivity index (χ0n) is 16.1. The highest BCUT2D eigenvalue weighted by molar-refractivity contribution is 6.22. The number of nitrogens with zero attached hydrogens (tertiary/aromatic N) is 2. The molecule has 10 heteroatoms. The Bertz CT molecular complexity index is 940. The molecule has 160 valence electrons. The fourth-order valence-electron chi connectivity index (χ4n) is 3.18. The number of alkyl halides is 3. The van der Waals surface area contributed by atoms with Gasteiger partial charge in [-0.3, -0.25) is 19.3 Å². The molecule has 0 N–H and O–H groups in total. The van der Waals surface area contributed by atoms with Gasteiger partial charge < -0.3 is 14.1 Å². The third-order valence-corrected chi connectivity index (χ3v) is 4.53. The first-order chi connectivity index (χ1) is 14.2. The van der Waals surface area contributed by atoms with Crippen molar-refractivity contribution in [3.8, 4) is 0 Å². The number of methoxy groups -OCH3 is 1. The fraction of sp³-hybridized carbons (Fsp3) is 0.350. The Morgan fingerprint density at radius 3 is 2.53 bits per heavy atom. The number of hydrogen-bond donors (Lipinski definition) is 0. The van der Waals surface area contributed by atoms with E-state index in [0.29, 0.717) is 17.9 Å². The van der Waals surface area contributed by atoms with Gasteiger partial charge in [0.1, 0.15) is 12.3 Å². The summed E-state index contributed by atoms with van der Waals surface area (Å²) in [5, 5.41) is 0. The maximum Gasteiger partial charge on any atom is 0.406 e. The molecule has 0 saturated carbocycles. The van der Waals surface area contributed by atoms with Crippen molar-refractivity contribution in [2.75, 3.05) is 26.8 Å². The highest BCUT2D eigenvalue weighted by Gasteiger charge is 2.37. The van der Waals surface area contributed by atoms with E-state index in [2.05, 4.69) is 0 Å². The zero-order valence-corrected chi connectivity index (χ0v) is 16.1. The van der Waals surface area contributed by atoms with E-state index >= 15 is 0 Å². The van der Waals surface area contributed by atoms with Gasteiger partial charge in [0, 0.05) is 25.8 Å². The summed E-state index contributed by atoms with van der Waals surface area (Å²) in [5.41, 5.74) is -0.0138. The number of carbonyl (C=O) groups excluding carboxylic acids is 3. The SMILES string of the molecule is COCCCN1C(=O)c2ccc(C(=O)N(Cc3ccco3)CC(F)(F)F)cc2C1=O. The number of imide groups is 1. The Labute approximate surface area is 170 Å². The molecule has 7 nitrogen and oxygen atoms in total. The van der Waals surface area contributed by atoms with E-state index in [1.54, 1.807) is 0 Å². The molecule has 0 atom stereocenters. The van der Waals surface area contributed by atoms with Gasteiger partial charge in [0.15, 0.2) is 0 Å². The molecule has 2 heterocycles. The molecule has 3 amide bonds. The minimum atomic E-state index is -4.62. The second kappa shape index (κ2) is 8.70. The third-order valence-electron chi connectivity index (χ3n) is 4.53. The lowest BCUT2D eigenvalue weighted by Gasteiger charge is -2.23. The van der Waals surface area contributed by atoms with Crippen molar-refractivity contribution in [2.24, 2.45) is 0 Å². The Morgan fingerprint density at radius 2 is 1.90 bits per heavy atom. The lowest BCUT2D eigenvalue weighted by atomic mass is 10.0. The Morgan fingerprint density at radius 1 is 1.17 bits per heavy atom. The van der Waals surface area contributed by atoms with E-state index in [4.69, 9.17) is 9.15 Å². The van der Waals surface area contributed by atoms with Crippen molar-refractivity contribution in [2.45, 2.75) is 19.1 Å². The largest absolute Gasteiger partial charge is 0.467 e. The summed E-state index contributed by atoms with van der Waals surface area (Å²) in [5.74, 6) is -1.84. The lowest BCUT2D eigenvalue weighted by molar-refractivity contribution is -0.142. The number of rotatable bonds is 8. The van der Waals surface area contributed by atoms with Crippen LogP contribution in [-0.4, -0.2) is 60.5 Å². The van der Waals surface area contributed by atoms with Gasteiger partial charge in [-0.05, 0) is 36.8 Å². The minimum absolute atomic E-state index is 0.00627. The number of halogens is 3. The number of benzene rings is 1. The number of hydrogen-bond acceptors (Lipinski definition) is 5. The molecule has 2 aromatic rings. The zero-order chi connectivity index (χ0) is 21.9. The number of ether oxygens (including phenoxy) is 1. The van der Waals surface area contributed by atoms with E-state index in [-0.39, 0.29) is 29.0 Å². The van der Waals surface area contributed by atoms with Crippen LogP contribution in [0, 0.1) is 0 Å². The minimum Gasteiger partial charge on any atom is -0.467 e. The second-order valence-electron chi connectivity index (χ2n) is 6.72. The molecule has 1 aliphatic rings. The summed E-state index contributed by atoms with van der Waals surface area (Å²) in [6, 6.07) is 6.66. The molecule has 0 radical (unpaired) electrons. The van der Waals surface area contributed by atoms with Gasteiger partial charge in [0.25, 0.3) is 17.7 Å². The molecule has 1 aromatic heterocycles. The molecule has 1 aromatic carbocycles. The highest BCUT2D eigenvalue weighted by Crippen LogP contribution is 2.26. The molecule has 0 aliphatic carbocycles. The van der Waals surface area contributed by atoms with Crippen molar-refractivity contribution >= 4 is 17.7 Å². The monoisotopic (exact) mass is 424 g/mol. The third kappa shape index (κ3) is 4.70. The summed E-state index contributed by atoms with van der Waals surface area (Å²) in [6.07, 6.45) is -2.89. The van der Waals surface area contributed by atoms with Gasteiger partial charge in [0.2, 0.25) is 0 Å². The summed E-state index contributed by atoms with van der Waals surface area (Å²) in [6.45, 7) is -1.38. The molecule has 0 spiro atoms. The van der Waals surface area contributed by atoms with Gasteiger partial charge in [-0.25, -0.2) is 0 Å². The lowest BCUT2D eigenvalue weighted by Crippen LogP contribution is -2.38. The highest BCUT2D eigenvalue weighted by atomic mass is 19.4. The summed E-state index contributed by atoms with van der Waals surface area (Å²) in [4.78, 5) is 39.4. The molecule has 30 heavy (non-hydrogen) atoms. The Kier molecular flexibility index (Phi) is 6.25. The second-order valence-corrected chi connectivity index (χ2v) is 6.72. The van der Waals surface area contributed by atoms with Crippen molar-refractivity contribution < 1.29 is 36.7 Å². The van der Waals surface area contributed by atoms with Gasteiger partial charge >= 0.3 is 6.18 Å². The van der Waals surface area contributed by atoms with Crippen molar-refractivity contribution in [3.63, 3.8) is 0 Å². The van der Waals surface area contributed by atoms with Crippen LogP contribution in [0.25, 0.3) is 0 Å². The molecule has 0 unspecified atom stereocenters. The van der Waals surface area contributed by atoms with Crippen molar-refractivity contribution in [1.29, 1.82) is 0 Å². The first-order valence-electron chi connectivity index (χ1n) is 9.09. The van der Waals surface area contributed by atoms with Crippen LogP contribution in [0.5, 0.6) is 0 Å². The predicted octanol–water partition coefficient (Wildman–Crippen LogP) is 3.12. The van der Waals surface area contributed by atoms with Crippen LogP contribution in [0.1, 0.15) is 43.3 Å². The van der Waals surface area contributed by atoms with Gasteiger partial charge in [0.05, 0.1) is 23.9 Å². The van der Waals surface area contributed by atoms with Gasteiger partial charge in [-0.2, -0.15) is 13.2 Å². The Hall–Kier alpha value is -3.14. The van der Waals surface area contributed by atoms with E-state index < -0.39 is 37.0 Å². The van der Waals surface area contributed by atoms with Crippen molar-refractivity contribution in [3.05, 3.63) is 59.0 Å². The van der Waals surface area contributed by atoms with Crippen LogP contribution < -0.4 is 0 Å². The van der Waals surface area contributed by atoms with E-state index in [1.807, 2.05) is 0 Å². The quantitative estimate of drug-likeness (QED) is 0.481. The first kappa shape index (κ1) is 21.6. The van der Waals surface area contributed by atoms with Crippen LogP contribution in [0.3, 0.4) is 0 Å². The normalized spacial score (nSPS) is 13.7.